The lowest BCUT2D eigenvalue weighted by molar-refractivity contribution is 1.18. The summed E-state index contributed by atoms with van der Waals surface area (Å²) in [6.45, 7) is 0. The topological polar surface area (TPSA) is 34.0 Å². The second-order valence-corrected chi connectivity index (χ2v) is 13.1. The van der Waals surface area contributed by atoms with E-state index in [4.69, 9.17) is 4.98 Å². The van der Waals surface area contributed by atoms with E-state index in [0.717, 1.165) is 61.2 Å². The molecule has 0 saturated heterocycles. The van der Waals surface area contributed by atoms with Crippen LogP contribution in [0.2, 0.25) is 0 Å². The fourth-order valence-corrected chi connectivity index (χ4v) is 7.55. The molecule has 10 aromatic rings. The summed E-state index contributed by atoms with van der Waals surface area (Å²) in [5.41, 5.74) is 13.3. The van der Waals surface area contributed by atoms with E-state index in [1.54, 1.807) is 0 Å². The standard InChI is InChI=1S/C48H32N4/c1-3-14-39(15-4-1)51(40-16-5-2-6-17-40)42-26-27-46-44(31-42)43-18-7-8-19-45(43)52(46)41-24-22-33(23-25-41)35-11-9-12-36(29-35)38-30-37-21-20-34-13-10-28-49-47(34)48(37)50-32-38/h1-32H. The minimum absolute atomic E-state index is 0.930. The van der Waals surface area contributed by atoms with Gasteiger partial charge in [0.2, 0.25) is 0 Å². The van der Waals surface area contributed by atoms with Crippen LogP contribution in [0.25, 0.3) is 71.6 Å². The van der Waals surface area contributed by atoms with Gasteiger partial charge in [-0.25, -0.2) is 0 Å². The van der Waals surface area contributed by atoms with Crippen LogP contribution >= 0.6 is 0 Å². The molecule has 0 bridgehead atoms. The molecule has 3 aromatic heterocycles. The lowest BCUT2D eigenvalue weighted by Gasteiger charge is -2.25. The predicted octanol–water partition coefficient (Wildman–Crippen LogP) is 12.7. The zero-order chi connectivity index (χ0) is 34.4. The number of aromatic nitrogens is 3. The summed E-state index contributed by atoms with van der Waals surface area (Å²) in [6, 6.07) is 64.8. The summed E-state index contributed by atoms with van der Waals surface area (Å²) in [6.07, 6.45) is 3.79. The number of benzene rings is 7. The summed E-state index contributed by atoms with van der Waals surface area (Å²) >= 11 is 0. The maximum absolute atomic E-state index is 4.86. The Morgan fingerprint density at radius 2 is 1.06 bits per heavy atom. The SMILES string of the molecule is c1ccc(N(c2ccccc2)c2ccc3c(c2)c2ccccc2n3-c2ccc(-c3cccc(-c4cnc5c(ccc6cccnc65)c4)c3)cc2)cc1. The van der Waals surface area contributed by atoms with Crippen LogP contribution in [0.3, 0.4) is 0 Å². The highest BCUT2D eigenvalue weighted by atomic mass is 15.1. The zero-order valence-electron chi connectivity index (χ0n) is 28.3. The van der Waals surface area contributed by atoms with Gasteiger partial charge in [-0.2, -0.15) is 0 Å². The molecule has 0 unspecified atom stereocenters. The summed E-state index contributed by atoms with van der Waals surface area (Å²) in [5, 5.41) is 4.63. The molecule has 0 radical (unpaired) electrons. The molecular formula is C48H32N4. The van der Waals surface area contributed by atoms with Crippen molar-refractivity contribution in [2.24, 2.45) is 0 Å². The molecule has 0 atom stereocenters. The molecule has 0 amide bonds. The van der Waals surface area contributed by atoms with Gasteiger partial charge in [-0.05, 0) is 95.6 Å². The van der Waals surface area contributed by atoms with Gasteiger partial charge in [0.1, 0.15) is 0 Å². The lowest BCUT2D eigenvalue weighted by atomic mass is 9.98. The van der Waals surface area contributed by atoms with E-state index >= 15 is 0 Å². The van der Waals surface area contributed by atoms with Crippen molar-refractivity contribution in [1.82, 2.24) is 14.5 Å². The number of hydrogen-bond acceptors (Lipinski definition) is 3. The van der Waals surface area contributed by atoms with Crippen LogP contribution in [0.15, 0.2) is 194 Å². The van der Waals surface area contributed by atoms with Crippen molar-refractivity contribution in [3.05, 3.63) is 194 Å². The molecule has 4 nitrogen and oxygen atoms in total. The van der Waals surface area contributed by atoms with Crippen LogP contribution < -0.4 is 4.90 Å². The van der Waals surface area contributed by atoms with Crippen LogP contribution in [0.1, 0.15) is 0 Å². The molecule has 4 heteroatoms. The fourth-order valence-electron chi connectivity index (χ4n) is 7.55. The highest BCUT2D eigenvalue weighted by Crippen LogP contribution is 2.40. The van der Waals surface area contributed by atoms with Gasteiger partial charge in [-0.15, -0.1) is 0 Å². The molecule has 244 valence electrons. The maximum atomic E-state index is 4.86. The molecule has 7 aromatic carbocycles. The fraction of sp³-hybridized carbons (Fsp3) is 0. The van der Waals surface area contributed by atoms with Crippen LogP contribution in [-0.4, -0.2) is 14.5 Å². The van der Waals surface area contributed by atoms with Crippen molar-refractivity contribution in [3.8, 4) is 27.9 Å². The van der Waals surface area contributed by atoms with Crippen LogP contribution in [0.5, 0.6) is 0 Å². The second-order valence-electron chi connectivity index (χ2n) is 13.1. The van der Waals surface area contributed by atoms with Crippen LogP contribution in [0, 0.1) is 0 Å². The van der Waals surface area contributed by atoms with Gasteiger partial charge in [0, 0.05) is 62.3 Å². The Hall–Kier alpha value is -7.04. The molecule has 0 fully saturated rings. The zero-order valence-corrected chi connectivity index (χ0v) is 28.3. The van der Waals surface area contributed by atoms with E-state index in [2.05, 4.69) is 190 Å². The monoisotopic (exact) mass is 664 g/mol. The Labute approximate surface area is 301 Å². The van der Waals surface area contributed by atoms with Crippen molar-refractivity contribution < 1.29 is 0 Å². The van der Waals surface area contributed by atoms with Gasteiger partial charge < -0.3 is 9.47 Å². The number of rotatable bonds is 6. The molecule has 0 saturated carbocycles. The number of nitrogens with zero attached hydrogens (tertiary/aromatic N) is 4. The third-order valence-corrected chi connectivity index (χ3v) is 10.0. The second kappa shape index (κ2) is 12.4. The van der Waals surface area contributed by atoms with Gasteiger partial charge in [0.05, 0.1) is 22.1 Å². The van der Waals surface area contributed by atoms with Gasteiger partial charge in [0.25, 0.3) is 0 Å². The van der Waals surface area contributed by atoms with Gasteiger partial charge in [-0.1, -0.05) is 103 Å². The third kappa shape index (κ3) is 5.09. The summed E-state index contributed by atoms with van der Waals surface area (Å²) in [4.78, 5) is 11.8. The summed E-state index contributed by atoms with van der Waals surface area (Å²) in [5.74, 6) is 0. The highest BCUT2D eigenvalue weighted by Gasteiger charge is 2.17. The van der Waals surface area contributed by atoms with Crippen molar-refractivity contribution in [2.75, 3.05) is 4.90 Å². The third-order valence-electron chi connectivity index (χ3n) is 10.0. The molecular weight excluding hydrogens is 633 g/mol. The molecule has 0 aliphatic carbocycles. The molecule has 10 rings (SSSR count). The molecule has 0 aliphatic rings. The summed E-state index contributed by atoms with van der Waals surface area (Å²) in [7, 11) is 0. The van der Waals surface area contributed by atoms with E-state index < -0.39 is 0 Å². The number of anilines is 3. The van der Waals surface area contributed by atoms with E-state index in [9.17, 15) is 0 Å². The quantitative estimate of drug-likeness (QED) is 0.166. The predicted molar refractivity (Wildman–Crippen MR) is 217 cm³/mol. The minimum Gasteiger partial charge on any atom is -0.310 e. The van der Waals surface area contributed by atoms with Gasteiger partial charge in [-0.3, -0.25) is 9.97 Å². The van der Waals surface area contributed by atoms with Crippen LogP contribution in [-0.2, 0) is 0 Å². The first-order chi connectivity index (χ1) is 25.8. The molecule has 52 heavy (non-hydrogen) atoms. The highest BCUT2D eigenvalue weighted by molar-refractivity contribution is 6.11. The minimum atomic E-state index is 0.930. The number of fused-ring (bicyclic) bond motifs is 6. The smallest absolute Gasteiger partial charge is 0.0964 e. The van der Waals surface area contributed by atoms with Crippen molar-refractivity contribution in [3.63, 3.8) is 0 Å². The Kier molecular flexibility index (Phi) is 7.10. The Morgan fingerprint density at radius 1 is 0.385 bits per heavy atom. The van der Waals surface area contributed by atoms with Gasteiger partial charge in [0.15, 0.2) is 0 Å². The number of para-hydroxylation sites is 3. The Bertz CT molecular complexity index is 2850. The normalized spacial score (nSPS) is 11.5. The maximum Gasteiger partial charge on any atom is 0.0964 e. The van der Waals surface area contributed by atoms with Crippen molar-refractivity contribution in [1.29, 1.82) is 0 Å². The molecule has 0 N–H and O–H groups in total. The first-order valence-corrected chi connectivity index (χ1v) is 17.6. The lowest BCUT2D eigenvalue weighted by Crippen LogP contribution is -2.09. The van der Waals surface area contributed by atoms with Crippen LogP contribution in [0.4, 0.5) is 17.1 Å². The van der Waals surface area contributed by atoms with E-state index in [1.807, 2.05) is 18.5 Å². The Morgan fingerprint density at radius 3 is 1.85 bits per heavy atom. The van der Waals surface area contributed by atoms with E-state index in [-0.39, 0.29) is 0 Å². The molecule has 0 spiro atoms. The molecule has 0 aliphatic heterocycles. The van der Waals surface area contributed by atoms with Crippen molar-refractivity contribution >= 4 is 60.7 Å². The largest absolute Gasteiger partial charge is 0.310 e. The number of hydrogen-bond donors (Lipinski definition) is 0. The van der Waals surface area contributed by atoms with Crippen molar-refractivity contribution in [2.45, 2.75) is 0 Å². The average molecular weight is 665 g/mol. The first kappa shape index (κ1) is 29.8. The number of pyridine rings is 2. The molecule has 3 heterocycles. The Balaban J connectivity index is 1.02. The van der Waals surface area contributed by atoms with E-state index in [1.165, 1.54) is 27.4 Å². The summed E-state index contributed by atoms with van der Waals surface area (Å²) < 4.78 is 2.38. The van der Waals surface area contributed by atoms with E-state index in [0.29, 0.717) is 0 Å². The first-order valence-electron chi connectivity index (χ1n) is 17.6. The average Bonchev–Trinajstić information content (AvgIpc) is 3.55. The van der Waals surface area contributed by atoms with Gasteiger partial charge >= 0.3 is 0 Å².